The van der Waals surface area contributed by atoms with Crippen LogP contribution >= 0.6 is 22.6 Å². The van der Waals surface area contributed by atoms with Crippen LogP contribution in [0.5, 0.6) is 0 Å². The first-order chi connectivity index (χ1) is 8.74. The third kappa shape index (κ3) is 6.48. The first-order valence-corrected chi connectivity index (χ1v) is 6.82. The zero-order chi connectivity index (χ0) is 13.2. The summed E-state index contributed by atoms with van der Waals surface area (Å²) < 4.78 is 18.2. The molecule has 1 aromatic heterocycles. The maximum atomic E-state index is 11.5. The summed E-state index contributed by atoms with van der Waals surface area (Å²) in [5.74, 6) is 0. The van der Waals surface area contributed by atoms with E-state index in [-0.39, 0.29) is 5.56 Å². The Hall–Kier alpha value is -0.440. The van der Waals surface area contributed by atoms with E-state index in [0.29, 0.717) is 39.6 Å². The van der Waals surface area contributed by atoms with Crippen molar-refractivity contribution in [1.82, 2.24) is 4.57 Å². The second kappa shape index (κ2) is 9.48. The van der Waals surface area contributed by atoms with Crippen molar-refractivity contribution in [2.24, 2.45) is 0 Å². The number of aromatic nitrogens is 1. The molecule has 102 valence electrons. The third-order valence-corrected chi connectivity index (χ3v) is 2.87. The van der Waals surface area contributed by atoms with Crippen LogP contribution in [0.15, 0.2) is 23.1 Å². The summed E-state index contributed by atoms with van der Waals surface area (Å²) in [7, 11) is 1.64. The quantitative estimate of drug-likeness (QED) is 0.485. The highest BCUT2D eigenvalue weighted by Crippen LogP contribution is 1.99. The number of hydrogen-bond donors (Lipinski definition) is 0. The van der Waals surface area contributed by atoms with Crippen molar-refractivity contribution in [2.45, 2.75) is 6.54 Å². The predicted octanol–water partition coefficient (Wildman–Crippen LogP) is 1.13. The zero-order valence-electron chi connectivity index (χ0n) is 10.4. The summed E-state index contributed by atoms with van der Waals surface area (Å²) in [6.07, 6.45) is 1.82. The van der Waals surface area contributed by atoms with E-state index in [9.17, 15) is 4.79 Å². The predicted molar refractivity (Wildman–Crippen MR) is 76.9 cm³/mol. The number of nitrogens with zero attached hydrogens (tertiary/aromatic N) is 1. The highest BCUT2D eigenvalue weighted by Gasteiger charge is 1.97. The third-order valence-electron chi connectivity index (χ3n) is 2.23. The Morgan fingerprint density at radius 1 is 1.11 bits per heavy atom. The van der Waals surface area contributed by atoms with E-state index < -0.39 is 0 Å². The van der Waals surface area contributed by atoms with Gasteiger partial charge in [-0.15, -0.1) is 0 Å². The highest BCUT2D eigenvalue weighted by atomic mass is 127. The van der Waals surface area contributed by atoms with Gasteiger partial charge in [0.15, 0.2) is 0 Å². The average molecular weight is 367 g/mol. The largest absolute Gasteiger partial charge is 0.382 e. The molecule has 0 bridgehead atoms. The Balaban J connectivity index is 2.11. The Bertz CT molecular complexity index is 394. The molecule has 0 N–H and O–H groups in total. The molecule has 0 radical (unpaired) electrons. The number of rotatable bonds is 9. The zero-order valence-corrected chi connectivity index (χ0v) is 12.6. The van der Waals surface area contributed by atoms with Crippen LogP contribution in [0, 0.1) is 3.57 Å². The minimum atomic E-state index is -0.00430. The molecule has 6 heteroatoms. The maximum Gasteiger partial charge on any atom is 0.250 e. The molecule has 0 aliphatic carbocycles. The van der Waals surface area contributed by atoms with Gasteiger partial charge in [0.05, 0.1) is 33.0 Å². The lowest BCUT2D eigenvalue weighted by Crippen LogP contribution is -2.21. The highest BCUT2D eigenvalue weighted by molar-refractivity contribution is 14.1. The van der Waals surface area contributed by atoms with Crippen LogP contribution in [0.2, 0.25) is 0 Å². The lowest BCUT2D eigenvalue weighted by Gasteiger charge is -2.07. The number of hydrogen-bond acceptors (Lipinski definition) is 4. The van der Waals surface area contributed by atoms with Gasteiger partial charge in [-0.2, -0.15) is 0 Å². The molecule has 0 amide bonds. The van der Waals surface area contributed by atoms with E-state index in [1.165, 1.54) is 0 Å². The van der Waals surface area contributed by atoms with Crippen LogP contribution in [-0.2, 0) is 20.8 Å². The lowest BCUT2D eigenvalue weighted by atomic mass is 10.4. The fourth-order valence-corrected chi connectivity index (χ4v) is 1.82. The molecule has 0 aliphatic rings. The van der Waals surface area contributed by atoms with Crippen molar-refractivity contribution in [3.05, 3.63) is 32.3 Å². The monoisotopic (exact) mass is 367 g/mol. The van der Waals surface area contributed by atoms with Crippen LogP contribution in [0.4, 0.5) is 0 Å². The molecule has 1 heterocycles. The number of methoxy groups -OCH3 is 1. The normalized spacial score (nSPS) is 10.8. The van der Waals surface area contributed by atoms with Crippen LogP contribution in [-0.4, -0.2) is 44.7 Å². The van der Waals surface area contributed by atoms with E-state index >= 15 is 0 Å². The number of halogens is 1. The van der Waals surface area contributed by atoms with Crippen LogP contribution in [0.1, 0.15) is 0 Å². The summed E-state index contributed by atoms with van der Waals surface area (Å²) in [6.45, 7) is 3.32. The first kappa shape index (κ1) is 15.6. The van der Waals surface area contributed by atoms with Crippen LogP contribution in [0.25, 0.3) is 0 Å². The molecule has 0 atom stereocenters. The number of ether oxygens (including phenoxy) is 3. The van der Waals surface area contributed by atoms with Crippen molar-refractivity contribution >= 4 is 22.6 Å². The number of pyridine rings is 1. The van der Waals surface area contributed by atoms with Gasteiger partial charge >= 0.3 is 0 Å². The molecule has 18 heavy (non-hydrogen) atoms. The van der Waals surface area contributed by atoms with Crippen molar-refractivity contribution in [3.8, 4) is 0 Å². The second-order valence-corrected chi connectivity index (χ2v) is 4.84. The van der Waals surface area contributed by atoms with E-state index in [0.717, 1.165) is 3.57 Å². The molecular formula is C12H18INO4. The molecule has 0 aliphatic heterocycles. The minimum absolute atomic E-state index is 0.00430. The van der Waals surface area contributed by atoms with Gasteiger partial charge in [0.1, 0.15) is 0 Å². The summed E-state index contributed by atoms with van der Waals surface area (Å²) in [6, 6.07) is 3.36. The van der Waals surface area contributed by atoms with Gasteiger partial charge < -0.3 is 18.8 Å². The molecule has 1 aromatic rings. The van der Waals surface area contributed by atoms with Gasteiger partial charge in [0.2, 0.25) is 0 Å². The smallest absolute Gasteiger partial charge is 0.250 e. The van der Waals surface area contributed by atoms with Crippen LogP contribution < -0.4 is 5.56 Å². The Labute approximate surface area is 120 Å². The molecule has 0 aromatic carbocycles. The summed E-state index contributed by atoms with van der Waals surface area (Å²) in [5, 5.41) is 0. The van der Waals surface area contributed by atoms with Gasteiger partial charge in [-0.05, 0) is 28.7 Å². The molecular weight excluding hydrogens is 349 g/mol. The molecule has 0 fully saturated rings. The molecule has 0 saturated heterocycles. The SMILES string of the molecule is COCCOCCOCCn1cc(I)ccc1=O. The molecule has 0 unspecified atom stereocenters. The van der Waals surface area contributed by atoms with Crippen molar-refractivity contribution in [1.29, 1.82) is 0 Å². The molecule has 0 spiro atoms. The average Bonchev–Trinajstić information content (AvgIpc) is 2.36. The summed E-state index contributed by atoms with van der Waals surface area (Å²) >= 11 is 2.18. The maximum absolute atomic E-state index is 11.5. The first-order valence-electron chi connectivity index (χ1n) is 5.74. The summed E-state index contributed by atoms with van der Waals surface area (Å²) in [5.41, 5.74) is -0.00430. The standard InChI is InChI=1S/C12H18INO4/c1-16-6-7-18-9-8-17-5-4-14-10-11(13)2-3-12(14)15/h2-3,10H,4-9H2,1H3. The van der Waals surface area contributed by atoms with Gasteiger partial charge in [-0.1, -0.05) is 0 Å². The second-order valence-electron chi connectivity index (χ2n) is 3.60. The van der Waals surface area contributed by atoms with Crippen LogP contribution in [0.3, 0.4) is 0 Å². The van der Waals surface area contributed by atoms with E-state index in [2.05, 4.69) is 22.6 Å². The van der Waals surface area contributed by atoms with Gasteiger partial charge in [-0.25, -0.2) is 0 Å². The topological polar surface area (TPSA) is 49.7 Å². The Morgan fingerprint density at radius 2 is 1.78 bits per heavy atom. The molecule has 1 rings (SSSR count). The Kier molecular flexibility index (Phi) is 8.23. The fraction of sp³-hybridized carbons (Fsp3) is 0.583. The van der Waals surface area contributed by atoms with Crippen molar-refractivity contribution in [3.63, 3.8) is 0 Å². The van der Waals surface area contributed by atoms with E-state index in [1.54, 1.807) is 23.8 Å². The van der Waals surface area contributed by atoms with Crippen molar-refractivity contribution in [2.75, 3.05) is 40.1 Å². The summed E-state index contributed by atoms with van der Waals surface area (Å²) in [4.78, 5) is 11.5. The van der Waals surface area contributed by atoms with Gasteiger partial charge in [-0.3, -0.25) is 4.79 Å². The Morgan fingerprint density at radius 3 is 2.50 bits per heavy atom. The van der Waals surface area contributed by atoms with Gasteiger partial charge in [0.25, 0.3) is 5.56 Å². The minimum Gasteiger partial charge on any atom is -0.382 e. The van der Waals surface area contributed by atoms with E-state index in [4.69, 9.17) is 14.2 Å². The van der Waals surface area contributed by atoms with E-state index in [1.807, 2.05) is 6.20 Å². The van der Waals surface area contributed by atoms with Crippen molar-refractivity contribution < 1.29 is 14.2 Å². The molecule has 0 saturated carbocycles. The van der Waals surface area contributed by atoms with Gasteiger partial charge in [0, 0.05) is 29.5 Å². The molecule has 5 nitrogen and oxygen atoms in total. The fourth-order valence-electron chi connectivity index (χ4n) is 1.30. The lowest BCUT2D eigenvalue weighted by molar-refractivity contribution is 0.0229.